The van der Waals surface area contributed by atoms with Gasteiger partial charge in [-0.3, -0.25) is 9.69 Å². The van der Waals surface area contributed by atoms with E-state index in [1.165, 1.54) is 11.0 Å². The number of carbonyl (C=O) groups is 1. The molecule has 0 saturated carbocycles. The van der Waals surface area contributed by atoms with Crippen molar-refractivity contribution in [2.75, 3.05) is 0 Å². The van der Waals surface area contributed by atoms with E-state index in [1.54, 1.807) is 19.1 Å². The maximum Gasteiger partial charge on any atom is 0.251 e. The first-order valence-corrected chi connectivity index (χ1v) is 6.25. The van der Waals surface area contributed by atoms with Crippen LogP contribution >= 0.6 is 28.1 Å². The summed E-state index contributed by atoms with van der Waals surface area (Å²) in [7, 11) is 0. The number of hydrogen-bond acceptors (Lipinski definition) is 2. The van der Waals surface area contributed by atoms with Gasteiger partial charge in [-0.15, -0.1) is 0 Å². The van der Waals surface area contributed by atoms with Gasteiger partial charge in [0.15, 0.2) is 5.11 Å². The molecule has 1 aliphatic heterocycles. The number of rotatable bonds is 2. The van der Waals surface area contributed by atoms with Gasteiger partial charge in [-0.2, -0.15) is 0 Å². The summed E-state index contributed by atoms with van der Waals surface area (Å²) in [6.45, 7) is 1.89. The molecule has 1 fully saturated rings. The molecule has 1 unspecified atom stereocenters. The topological polar surface area (TPSA) is 32.3 Å². The summed E-state index contributed by atoms with van der Waals surface area (Å²) in [5.74, 6) is -0.480. The Morgan fingerprint density at radius 2 is 2.29 bits per heavy atom. The molecule has 0 bridgehead atoms. The van der Waals surface area contributed by atoms with E-state index < -0.39 is 0 Å². The molecule has 6 heteroatoms. The lowest BCUT2D eigenvalue weighted by Crippen LogP contribution is -2.30. The molecule has 0 spiro atoms. The molecule has 1 heterocycles. The second-order valence-electron chi connectivity index (χ2n) is 3.83. The highest BCUT2D eigenvalue weighted by atomic mass is 79.9. The molecule has 1 aliphatic rings. The number of hydrogen-bond donors (Lipinski definition) is 1. The fraction of sp³-hybridized carbons (Fsp3) is 0.273. The Hall–Kier alpha value is -1.01. The first kappa shape index (κ1) is 12.4. The van der Waals surface area contributed by atoms with Crippen molar-refractivity contribution in [1.29, 1.82) is 0 Å². The lowest BCUT2D eigenvalue weighted by Gasteiger charge is -2.15. The summed E-state index contributed by atoms with van der Waals surface area (Å²) in [6, 6.07) is 4.41. The van der Waals surface area contributed by atoms with E-state index in [4.69, 9.17) is 12.2 Å². The Morgan fingerprint density at radius 1 is 1.59 bits per heavy atom. The highest BCUT2D eigenvalue weighted by molar-refractivity contribution is 9.10. The summed E-state index contributed by atoms with van der Waals surface area (Å²) >= 11 is 8.21. The van der Waals surface area contributed by atoms with Crippen LogP contribution in [0.5, 0.6) is 0 Å². The molecule has 0 aromatic heterocycles. The van der Waals surface area contributed by atoms with Gasteiger partial charge in [0, 0.05) is 10.0 Å². The van der Waals surface area contributed by atoms with E-state index in [0.717, 1.165) is 0 Å². The van der Waals surface area contributed by atoms with E-state index in [-0.39, 0.29) is 24.3 Å². The fourth-order valence-electron chi connectivity index (χ4n) is 1.63. The van der Waals surface area contributed by atoms with Crippen molar-refractivity contribution in [3.8, 4) is 0 Å². The molecule has 2 rings (SSSR count). The smallest absolute Gasteiger partial charge is 0.251 e. The second-order valence-corrected chi connectivity index (χ2v) is 5.13. The monoisotopic (exact) mass is 316 g/mol. The van der Waals surface area contributed by atoms with Gasteiger partial charge in [-0.25, -0.2) is 4.39 Å². The zero-order chi connectivity index (χ0) is 12.6. The van der Waals surface area contributed by atoms with Gasteiger partial charge >= 0.3 is 0 Å². The molecular formula is C11H10BrFN2OS. The third-order valence-electron chi connectivity index (χ3n) is 2.57. The van der Waals surface area contributed by atoms with Crippen molar-refractivity contribution in [1.82, 2.24) is 10.2 Å². The molecule has 1 amide bonds. The predicted molar refractivity (Wildman–Crippen MR) is 69.8 cm³/mol. The van der Waals surface area contributed by atoms with Crippen molar-refractivity contribution >= 4 is 39.2 Å². The standard InChI is InChI=1S/C11H10BrFN2OS/c1-6-10(16)15(11(17)14-6)5-7-2-3-8(12)4-9(7)13/h2-4,6H,5H2,1H3,(H,14,17). The normalized spacial score (nSPS) is 19.7. The number of halogens is 2. The quantitative estimate of drug-likeness (QED) is 0.849. The number of nitrogens with zero attached hydrogens (tertiary/aromatic N) is 1. The van der Waals surface area contributed by atoms with E-state index in [9.17, 15) is 9.18 Å². The predicted octanol–water partition coefficient (Wildman–Crippen LogP) is 2.19. The van der Waals surface area contributed by atoms with Crippen LogP contribution < -0.4 is 5.32 Å². The highest BCUT2D eigenvalue weighted by Crippen LogP contribution is 2.18. The van der Waals surface area contributed by atoms with Crippen molar-refractivity contribution in [2.45, 2.75) is 19.5 Å². The van der Waals surface area contributed by atoms with E-state index in [1.807, 2.05) is 0 Å². The van der Waals surface area contributed by atoms with Crippen molar-refractivity contribution in [3.05, 3.63) is 34.1 Å². The Labute approximate surface area is 112 Å². The summed E-state index contributed by atoms with van der Waals surface area (Å²) in [5, 5.41) is 3.20. The first-order valence-electron chi connectivity index (χ1n) is 5.05. The summed E-state index contributed by atoms with van der Waals surface area (Å²) in [6.07, 6.45) is 0. The molecule has 1 N–H and O–H groups in total. The summed E-state index contributed by atoms with van der Waals surface area (Å²) in [5.41, 5.74) is 0.444. The van der Waals surface area contributed by atoms with Crippen LogP contribution in [-0.4, -0.2) is 22.0 Å². The minimum Gasteiger partial charge on any atom is -0.351 e. The average molecular weight is 317 g/mol. The van der Waals surface area contributed by atoms with Gasteiger partial charge in [-0.05, 0) is 31.3 Å². The van der Waals surface area contributed by atoms with Crippen molar-refractivity contribution < 1.29 is 9.18 Å². The van der Waals surface area contributed by atoms with Gasteiger partial charge < -0.3 is 5.32 Å². The largest absolute Gasteiger partial charge is 0.351 e. The molecule has 1 saturated heterocycles. The van der Waals surface area contributed by atoms with Crippen LogP contribution in [0, 0.1) is 5.82 Å². The third-order valence-corrected chi connectivity index (χ3v) is 3.40. The van der Waals surface area contributed by atoms with Crippen LogP contribution in [-0.2, 0) is 11.3 Å². The highest BCUT2D eigenvalue weighted by Gasteiger charge is 2.32. The van der Waals surface area contributed by atoms with Gasteiger partial charge in [-0.1, -0.05) is 22.0 Å². The minimum atomic E-state index is -0.352. The average Bonchev–Trinajstić information content (AvgIpc) is 2.48. The molecule has 90 valence electrons. The lowest BCUT2D eigenvalue weighted by molar-refractivity contribution is -0.127. The molecular weight excluding hydrogens is 307 g/mol. The number of thiocarbonyl (C=S) groups is 1. The third kappa shape index (κ3) is 2.47. The molecule has 1 atom stereocenters. The van der Waals surface area contributed by atoms with Gasteiger partial charge in [0.1, 0.15) is 11.9 Å². The molecule has 3 nitrogen and oxygen atoms in total. The van der Waals surface area contributed by atoms with Gasteiger partial charge in [0.05, 0.1) is 6.54 Å². The summed E-state index contributed by atoms with van der Waals surface area (Å²) in [4.78, 5) is 13.1. The van der Waals surface area contributed by atoms with E-state index >= 15 is 0 Å². The van der Waals surface area contributed by atoms with E-state index in [0.29, 0.717) is 15.1 Å². The molecule has 0 radical (unpaired) electrons. The Balaban J connectivity index is 2.21. The number of amides is 1. The summed E-state index contributed by atoms with van der Waals surface area (Å²) < 4.78 is 14.3. The number of benzene rings is 1. The molecule has 0 aliphatic carbocycles. The SMILES string of the molecule is CC1NC(=S)N(Cc2ccc(Br)cc2F)C1=O. The zero-order valence-electron chi connectivity index (χ0n) is 9.04. The van der Waals surface area contributed by atoms with Crippen LogP contribution in [0.25, 0.3) is 0 Å². The maximum absolute atomic E-state index is 13.6. The van der Waals surface area contributed by atoms with Gasteiger partial charge in [0.2, 0.25) is 0 Å². The molecule has 1 aromatic carbocycles. The van der Waals surface area contributed by atoms with Gasteiger partial charge in [0.25, 0.3) is 5.91 Å². The molecule has 17 heavy (non-hydrogen) atoms. The van der Waals surface area contributed by atoms with Crippen LogP contribution in [0.15, 0.2) is 22.7 Å². The number of carbonyl (C=O) groups excluding carboxylic acids is 1. The second kappa shape index (κ2) is 4.70. The van der Waals surface area contributed by atoms with Crippen LogP contribution in [0.1, 0.15) is 12.5 Å². The Bertz CT molecular complexity index is 494. The fourth-order valence-corrected chi connectivity index (χ4v) is 2.29. The Kier molecular flexibility index (Phi) is 3.44. The van der Waals surface area contributed by atoms with Crippen LogP contribution in [0.2, 0.25) is 0 Å². The van der Waals surface area contributed by atoms with Crippen molar-refractivity contribution in [2.24, 2.45) is 0 Å². The number of nitrogens with one attached hydrogen (secondary N) is 1. The van der Waals surface area contributed by atoms with Crippen molar-refractivity contribution in [3.63, 3.8) is 0 Å². The van der Waals surface area contributed by atoms with E-state index in [2.05, 4.69) is 21.2 Å². The maximum atomic E-state index is 13.6. The molecule has 1 aromatic rings. The van der Waals surface area contributed by atoms with Crippen LogP contribution in [0.4, 0.5) is 4.39 Å². The lowest BCUT2D eigenvalue weighted by atomic mass is 10.2. The first-order chi connectivity index (χ1) is 7.99. The Morgan fingerprint density at radius 3 is 2.82 bits per heavy atom. The van der Waals surface area contributed by atoms with Crippen LogP contribution in [0.3, 0.4) is 0 Å². The zero-order valence-corrected chi connectivity index (χ0v) is 11.4. The minimum absolute atomic E-state index is 0.127.